The van der Waals surface area contributed by atoms with E-state index in [0.29, 0.717) is 13.0 Å². The molecule has 3 aromatic carbocycles. The second-order valence-corrected chi connectivity index (χ2v) is 10.4. The van der Waals surface area contributed by atoms with E-state index in [0.717, 1.165) is 22.4 Å². The summed E-state index contributed by atoms with van der Waals surface area (Å²) in [6, 6.07) is 26.6. The molecule has 0 unspecified atom stereocenters. The molecule has 0 aromatic heterocycles. The Balaban J connectivity index is 1.72. The quantitative estimate of drug-likeness (QED) is 0.546. The number of carbonyl (C=O) groups is 1. The molecule has 0 aliphatic carbocycles. The van der Waals surface area contributed by atoms with Gasteiger partial charge in [0.1, 0.15) is 5.75 Å². The molecule has 1 atom stereocenters. The number of methoxy groups -OCH3 is 1. The molecular weight excluding hydrogens is 422 g/mol. The second-order valence-electron chi connectivity index (χ2n) is 8.13. The lowest BCUT2D eigenvalue weighted by Gasteiger charge is -2.32. The maximum Gasteiger partial charge on any atom is 0.235 e. The van der Waals surface area contributed by atoms with E-state index in [-0.39, 0.29) is 23.5 Å². The maximum absolute atomic E-state index is 14.1. The van der Waals surface area contributed by atoms with Crippen LogP contribution in [0.15, 0.2) is 84.9 Å². The average Bonchev–Trinajstić information content (AvgIpc) is 3.18. The van der Waals surface area contributed by atoms with Crippen LogP contribution in [0.3, 0.4) is 0 Å². The standard InChI is InChI=1S/C26H27NO4S/c1-31-24-14-12-20(13-15-24)18-27(23-16-17-32(29,30)19-23)26(28)25(21-8-4-2-5-9-21)22-10-6-3-7-11-22/h2-15,23,25H,16-19H2,1H3/t23-/m1/s1. The van der Waals surface area contributed by atoms with E-state index in [1.807, 2.05) is 84.9 Å². The molecule has 0 N–H and O–H groups in total. The highest BCUT2D eigenvalue weighted by Crippen LogP contribution is 2.31. The average molecular weight is 450 g/mol. The van der Waals surface area contributed by atoms with E-state index in [1.54, 1.807) is 12.0 Å². The Morgan fingerprint density at radius 2 is 1.50 bits per heavy atom. The molecule has 0 spiro atoms. The number of hydrogen-bond donors (Lipinski definition) is 0. The van der Waals surface area contributed by atoms with Gasteiger partial charge in [-0.05, 0) is 35.2 Å². The van der Waals surface area contributed by atoms with Crippen LogP contribution in [0.2, 0.25) is 0 Å². The molecule has 3 aromatic rings. The third-order valence-electron chi connectivity index (χ3n) is 5.96. The van der Waals surface area contributed by atoms with Crippen LogP contribution in [0.5, 0.6) is 5.75 Å². The lowest BCUT2D eigenvalue weighted by Crippen LogP contribution is -2.43. The van der Waals surface area contributed by atoms with Gasteiger partial charge >= 0.3 is 0 Å². The molecule has 6 heteroatoms. The zero-order chi connectivity index (χ0) is 22.6. The molecule has 1 amide bonds. The van der Waals surface area contributed by atoms with E-state index in [2.05, 4.69) is 0 Å². The van der Waals surface area contributed by atoms with E-state index < -0.39 is 15.8 Å². The van der Waals surface area contributed by atoms with E-state index in [9.17, 15) is 13.2 Å². The zero-order valence-electron chi connectivity index (χ0n) is 18.1. The van der Waals surface area contributed by atoms with Gasteiger partial charge in [0, 0.05) is 12.6 Å². The fourth-order valence-electron chi connectivity index (χ4n) is 4.27. The minimum Gasteiger partial charge on any atom is -0.497 e. The number of ether oxygens (including phenoxy) is 1. The monoisotopic (exact) mass is 449 g/mol. The molecule has 1 aliphatic heterocycles. The highest BCUT2D eigenvalue weighted by Gasteiger charge is 2.37. The van der Waals surface area contributed by atoms with Crippen LogP contribution < -0.4 is 4.74 Å². The number of nitrogens with zero attached hydrogens (tertiary/aromatic N) is 1. The fraction of sp³-hybridized carbons (Fsp3) is 0.269. The van der Waals surface area contributed by atoms with Crippen molar-refractivity contribution in [3.05, 3.63) is 102 Å². The Kier molecular flexibility index (Phi) is 6.61. The van der Waals surface area contributed by atoms with Crippen LogP contribution in [0.25, 0.3) is 0 Å². The summed E-state index contributed by atoms with van der Waals surface area (Å²) < 4.78 is 29.8. The smallest absolute Gasteiger partial charge is 0.235 e. The molecule has 32 heavy (non-hydrogen) atoms. The van der Waals surface area contributed by atoms with Crippen molar-refractivity contribution in [3.8, 4) is 5.75 Å². The van der Waals surface area contributed by atoms with Crippen LogP contribution >= 0.6 is 0 Å². The van der Waals surface area contributed by atoms with Crippen molar-refractivity contribution in [1.82, 2.24) is 4.90 Å². The first-order valence-electron chi connectivity index (χ1n) is 10.7. The first-order chi connectivity index (χ1) is 15.5. The van der Waals surface area contributed by atoms with Crippen molar-refractivity contribution in [2.75, 3.05) is 18.6 Å². The SMILES string of the molecule is COc1ccc(CN(C(=O)C(c2ccccc2)c2ccccc2)[C@@H]2CCS(=O)(=O)C2)cc1. The highest BCUT2D eigenvalue weighted by atomic mass is 32.2. The van der Waals surface area contributed by atoms with Gasteiger partial charge < -0.3 is 9.64 Å². The van der Waals surface area contributed by atoms with E-state index >= 15 is 0 Å². The molecule has 0 bridgehead atoms. The summed E-state index contributed by atoms with van der Waals surface area (Å²) in [5.41, 5.74) is 2.72. The summed E-state index contributed by atoms with van der Waals surface area (Å²) in [6.07, 6.45) is 0.459. The van der Waals surface area contributed by atoms with Crippen LogP contribution in [0, 0.1) is 0 Å². The number of sulfone groups is 1. The van der Waals surface area contributed by atoms with Crippen molar-refractivity contribution >= 4 is 15.7 Å². The number of rotatable bonds is 7. The highest BCUT2D eigenvalue weighted by molar-refractivity contribution is 7.91. The summed E-state index contributed by atoms with van der Waals surface area (Å²) in [5, 5.41) is 0. The topological polar surface area (TPSA) is 63.7 Å². The van der Waals surface area contributed by atoms with Gasteiger partial charge in [-0.15, -0.1) is 0 Å². The summed E-state index contributed by atoms with van der Waals surface area (Å²) in [5.74, 6) is 0.275. The van der Waals surface area contributed by atoms with Crippen molar-refractivity contribution in [2.24, 2.45) is 0 Å². The molecule has 5 nitrogen and oxygen atoms in total. The number of benzene rings is 3. The largest absolute Gasteiger partial charge is 0.497 e. The van der Waals surface area contributed by atoms with Crippen molar-refractivity contribution in [1.29, 1.82) is 0 Å². The van der Waals surface area contributed by atoms with Crippen LogP contribution in [-0.2, 0) is 21.2 Å². The third-order valence-corrected chi connectivity index (χ3v) is 7.71. The Morgan fingerprint density at radius 1 is 0.938 bits per heavy atom. The summed E-state index contributed by atoms with van der Waals surface area (Å²) >= 11 is 0. The molecule has 0 radical (unpaired) electrons. The molecule has 1 saturated heterocycles. The first kappa shape index (κ1) is 22.1. The van der Waals surface area contributed by atoms with Gasteiger partial charge in [-0.3, -0.25) is 4.79 Å². The third kappa shape index (κ3) is 5.02. The van der Waals surface area contributed by atoms with Crippen molar-refractivity contribution < 1.29 is 17.9 Å². The predicted octanol–water partition coefficient (Wildman–Crippen LogP) is 4.04. The minimum absolute atomic E-state index is 0.00515. The van der Waals surface area contributed by atoms with Gasteiger partial charge in [-0.2, -0.15) is 0 Å². The lowest BCUT2D eigenvalue weighted by molar-refractivity contribution is -0.134. The van der Waals surface area contributed by atoms with E-state index in [4.69, 9.17) is 4.74 Å². The normalized spacial score (nSPS) is 17.2. The van der Waals surface area contributed by atoms with Crippen molar-refractivity contribution in [3.63, 3.8) is 0 Å². The number of amides is 1. The predicted molar refractivity (Wildman–Crippen MR) is 125 cm³/mol. The van der Waals surface area contributed by atoms with Crippen molar-refractivity contribution in [2.45, 2.75) is 24.9 Å². The summed E-state index contributed by atoms with van der Waals surface area (Å²) in [7, 11) is -1.54. The van der Waals surface area contributed by atoms with Gasteiger partial charge in [0.25, 0.3) is 0 Å². The Labute approximate surface area is 189 Å². The number of hydrogen-bond acceptors (Lipinski definition) is 4. The van der Waals surface area contributed by atoms with Gasteiger partial charge in [-0.1, -0.05) is 72.8 Å². The number of carbonyl (C=O) groups excluding carboxylic acids is 1. The molecule has 1 heterocycles. The minimum atomic E-state index is -3.15. The van der Waals surface area contributed by atoms with Crippen LogP contribution in [0.4, 0.5) is 0 Å². The molecule has 1 fully saturated rings. The second kappa shape index (κ2) is 9.57. The van der Waals surface area contributed by atoms with E-state index in [1.165, 1.54) is 0 Å². The molecule has 1 aliphatic rings. The Bertz CT molecular complexity index is 1110. The molecule has 0 saturated carbocycles. The zero-order valence-corrected chi connectivity index (χ0v) is 18.9. The molecule has 4 rings (SSSR count). The van der Waals surface area contributed by atoms with Gasteiger partial charge in [0.15, 0.2) is 9.84 Å². The van der Waals surface area contributed by atoms with Crippen LogP contribution in [0.1, 0.15) is 29.0 Å². The Morgan fingerprint density at radius 3 is 1.97 bits per heavy atom. The summed E-state index contributed by atoms with van der Waals surface area (Å²) in [6.45, 7) is 0.346. The lowest BCUT2D eigenvalue weighted by atomic mass is 9.89. The Hall–Kier alpha value is -3.12. The first-order valence-corrected chi connectivity index (χ1v) is 12.5. The molecule has 166 valence electrons. The maximum atomic E-state index is 14.1. The van der Waals surface area contributed by atoms with Gasteiger partial charge in [0.05, 0.1) is 24.5 Å². The van der Waals surface area contributed by atoms with Crippen LogP contribution in [-0.4, -0.2) is 43.9 Å². The van der Waals surface area contributed by atoms with Gasteiger partial charge in [-0.25, -0.2) is 8.42 Å². The summed E-state index contributed by atoms with van der Waals surface area (Å²) in [4.78, 5) is 15.8. The molecular formula is C26H27NO4S. The fourth-order valence-corrected chi connectivity index (χ4v) is 6.00. The van der Waals surface area contributed by atoms with Gasteiger partial charge in [0.2, 0.25) is 5.91 Å².